The molecule has 2 aliphatic heterocycles. The van der Waals surface area contributed by atoms with E-state index in [1.165, 1.54) is 22.0 Å². The Hall–Kier alpha value is -4.62. The molecule has 2 atom stereocenters. The van der Waals surface area contributed by atoms with Crippen molar-refractivity contribution in [2.24, 2.45) is 0 Å². The van der Waals surface area contributed by atoms with Crippen LogP contribution in [0.25, 0.3) is 11.1 Å². The number of amides is 2. The molecule has 1 N–H and O–H groups in total. The summed E-state index contributed by atoms with van der Waals surface area (Å²) in [4.78, 5) is 41.6. The number of benzene rings is 3. The monoisotopic (exact) mass is 701 g/mol. The van der Waals surface area contributed by atoms with E-state index in [2.05, 4.69) is 20.3 Å². The summed E-state index contributed by atoms with van der Waals surface area (Å²) >= 11 is 12.7. The number of anilines is 2. The number of carbonyl (C=O) groups is 2. The molecule has 0 bridgehead atoms. The molecule has 0 saturated carbocycles. The second-order valence-electron chi connectivity index (χ2n) is 11.9. The molecular formula is C34H29Cl2N7O4S. The largest absolute Gasteiger partial charge is 0.351 e. The molecule has 2 amide bonds. The van der Waals surface area contributed by atoms with Crippen LogP contribution >= 0.6 is 23.2 Å². The van der Waals surface area contributed by atoms with Gasteiger partial charge in [-0.25, -0.2) is 28.3 Å². The van der Waals surface area contributed by atoms with Gasteiger partial charge in [-0.2, -0.15) is 4.31 Å². The van der Waals surface area contributed by atoms with Crippen molar-refractivity contribution < 1.29 is 18.0 Å². The van der Waals surface area contributed by atoms with E-state index >= 15 is 0 Å². The van der Waals surface area contributed by atoms with E-state index in [4.69, 9.17) is 23.2 Å². The molecule has 4 heterocycles. The first-order valence-corrected chi connectivity index (χ1v) is 17.3. The zero-order chi connectivity index (χ0) is 33.6. The van der Waals surface area contributed by atoms with Crippen molar-refractivity contribution in [3.63, 3.8) is 0 Å². The number of imidazole rings is 1. The molecule has 14 heteroatoms. The van der Waals surface area contributed by atoms with Gasteiger partial charge in [-0.3, -0.25) is 14.2 Å². The SMILES string of the molecule is C[C@@]1(Cc2ccc(-c3cncnc3)cc2)C(=O)N(c2cc(Cl)cc(Cl)c2)c2ncc(S(=O)(=O)N3CC[C@H]3C(=O)NCc3ccccc3)n21. The normalized spacial score (nSPS) is 19.2. The third kappa shape index (κ3) is 5.64. The number of nitrogens with zero attached hydrogens (tertiary/aromatic N) is 6. The van der Waals surface area contributed by atoms with E-state index in [1.54, 1.807) is 37.5 Å². The lowest BCUT2D eigenvalue weighted by molar-refractivity contribution is -0.128. The average molecular weight is 703 g/mol. The second-order valence-corrected chi connectivity index (χ2v) is 14.6. The number of nitrogens with one attached hydrogen (secondary N) is 1. The van der Waals surface area contributed by atoms with Crippen LogP contribution in [0.5, 0.6) is 0 Å². The molecule has 48 heavy (non-hydrogen) atoms. The van der Waals surface area contributed by atoms with E-state index in [0.29, 0.717) is 22.2 Å². The lowest BCUT2D eigenvalue weighted by atomic mass is 9.91. The van der Waals surface area contributed by atoms with Crippen LogP contribution in [0.2, 0.25) is 10.0 Å². The number of fused-ring (bicyclic) bond motifs is 1. The van der Waals surface area contributed by atoms with Crippen molar-refractivity contribution >= 4 is 56.7 Å². The fourth-order valence-electron chi connectivity index (χ4n) is 6.21. The summed E-state index contributed by atoms with van der Waals surface area (Å²) in [6, 6.07) is 20.7. The summed E-state index contributed by atoms with van der Waals surface area (Å²) in [6.45, 7) is 2.10. The van der Waals surface area contributed by atoms with Crippen LogP contribution in [-0.4, -0.2) is 56.6 Å². The summed E-state index contributed by atoms with van der Waals surface area (Å²) in [5.74, 6) is -0.711. The van der Waals surface area contributed by atoms with Crippen LogP contribution in [0, 0.1) is 0 Å². The molecule has 0 radical (unpaired) electrons. The average Bonchev–Trinajstić information content (AvgIpc) is 3.58. The van der Waals surface area contributed by atoms with Crippen LogP contribution < -0.4 is 10.2 Å². The van der Waals surface area contributed by atoms with Crippen LogP contribution in [-0.2, 0) is 38.1 Å². The maximum atomic E-state index is 14.5. The fraction of sp³-hybridized carbons (Fsp3) is 0.206. The van der Waals surface area contributed by atoms with E-state index in [0.717, 1.165) is 26.6 Å². The predicted molar refractivity (Wildman–Crippen MR) is 181 cm³/mol. The second kappa shape index (κ2) is 12.4. The minimum absolute atomic E-state index is 0.100. The van der Waals surface area contributed by atoms with Gasteiger partial charge in [-0.15, -0.1) is 0 Å². The Morgan fingerprint density at radius 3 is 2.27 bits per heavy atom. The van der Waals surface area contributed by atoms with Crippen molar-refractivity contribution in [3.05, 3.63) is 119 Å². The minimum atomic E-state index is -4.28. The molecule has 11 nitrogen and oxygen atoms in total. The number of hydrogen-bond acceptors (Lipinski definition) is 7. The van der Waals surface area contributed by atoms with Crippen LogP contribution in [0.4, 0.5) is 11.6 Å². The van der Waals surface area contributed by atoms with Crippen molar-refractivity contribution in [2.45, 2.75) is 42.9 Å². The van der Waals surface area contributed by atoms with Gasteiger partial charge < -0.3 is 5.32 Å². The van der Waals surface area contributed by atoms with Crippen molar-refractivity contribution in [3.8, 4) is 11.1 Å². The molecule has 0 spiro atoms. The smallest absolute Gasteiger partial charge is 0.261 e. The molecule has 3 aromatic carbocycles. The van der Waals surface area contributed by atoms with E-state index in [1.807, 2.05) is 54.6 Å². The Bertz CT molecular complexity index is 2110. The topological polar surface area (TPSA) is 130 Å². The molecule has 2 aliphatic rings. The van der Waals surface area contributed by atoms with Crippen LogP contribution in [0.1, 0.15) is 24.5 Å². The number of hydrogen-bond donors (Lipinski definition) is 1. The Balaban J connectivity index is 1.25. The number of aromatic nitrogens is 4. The Morgan fingerprint density at radius 1 is 0.938 bits per heavy atom. The van der Waals surface area contributed by atoms with E-state index in [9.17, 15) is 18.0 Å². The maximum Gasteiger partial charge on any atom is 0.261 e. The van der Waals surface area contributed by atoms with E-state index < -0.39 is 33.4 Å². The third-order valence-electron chi connectivity index (χ3n) is 8.73. The molecule has 244 valence electrons. The summed E-state index contributed by atoms with van der Waals surface area (Å²) < 4.78 is 31.3. The highest BCUT2D eigenvalue weighted by molar-refractivity contribution is 7.89. The van der Waals surface area contributed by atoms with Gasteiger partial charge in [0.1, 0.15) is 17.9 Å². The van der Waals surface area contributed by atoms with Gasteiger partial charge in [-0.05, 0) is 48.2 Å². The van der Waals surface area contributed by atoms with Crippen molar-refractivity contribution in [1.82, 2.24) is 29.1 Å². The molecule has 2 aromatic heterocycles. The lowest BCUT2D eigenvalue weighted by Crippen LogP contribution is -2.58. The quantitative estimate of drug-likeness (QED) is 0.219. The zero-order valence-corrected chi connectivity index (χ0v) is 28.0. The highest BCUT2D eigenvalue weighted by Crippen LogP contribution is 2.45. The summed E-state index contributed by atoms with van der Waals surface area (Å²) in [5, 5.41) is 3.26. The summed E-state index contributed by atoms with van der Waals surface area (Å²) in [6.07, 6.45) is 6.61. The maximum absolute atomic E-state index is 14.5. The van der Waals surface area contributed by atoms with Crippen molar-refractivity contribution in [1.29, 1.82) is 0 Å². The van der Waals surface area contributed by atoms with Gasteiger partial charge in [0, 0.05) is 47.5 Å². The summed E-state index contributed by atoms with van der Waals surface area (Å²) in [5.41, 5.74) is 2.31. The first kappa shape index (κ1) is 32.0. The van der Waals surface area contributed by atoms with Gasteiger partial charge in [0.25, 0.3) is 15.9 Å². The Morgan fingerprint density at radius 2 is 1.62 bits per heavy atom. The zero-order valence-electron chi connectivity index (χ0n) is 25.6. The minimum Gasteiger partial charge on any atom is -0.351 e. The predicted octanol–water partition coefficient (Wildman–Crippen LogP) is 5.36. The summed E-state index contributed by atoms with van der Waals surface area (Å²) in [7, 11) is -4.28. The van der Waals surface area contributed by atoms with Gasteiger partial charge in [0.2, 0.25) is 11.9 Å². The van der Waals surface area contributed by atoms with Crippen LogP contribution in [0.15, 0.2) is 103 Å². The van der Waals surface area contributed by atoms with Gasteiger partial charge in [0.15, 0.2) is 5.03 Å². The highest BCUT2D eigenvalue weighted by Gasteiger charge is 2.54. The first-order chi connectivity index (χ1) is 23.1. The van der Waals surface area contributed by atoms with Crippen molar-refractivity contribution in [2.75, 3.05) is 11.4 Å². The number of carbonyl (C=O) groups excluding carboxylic acids is 2. The Labute approximate surface area is 287 Å². The standard InChI is InChI=1S/C34H29Cl2N7O4S/c1-34(16-22-7-9-24(10-8-22)25-18-37-21-38-19-25)32(45)42(28-14-26(35)13-27(36)15-28)33-40-20-30(43(33)34)48(46,47)41-12-11-29(41)31(44)39-17-23-5-3-2-4-6-23/h2-10,13-15,18-21,29H,11-12,16-17H2,1H3,(H,39,44)/t29-,34+/m0/s1. The molecule has 0 unspecified atom stereocenters. The third-order valence-corrected chi connectivity index (χ3v) is 11.0. The van der Waals surface area contributed by atoms with Gasteiger partial charge in [0.05, 0.1) is 11.9 Å². The van der Waals surface area contributed by atoms with Gasteiger partial charge in [-0.1, -0.05) is 77.8 Å². The molecule has 7 rings (SSSR count). The molecular weight excluding hydrogens is 673 g/mol. The number of rotatable bonds is 9. The lowest BCUT2D eigenvalue weighted by Gasteiger charge is -2.38. The Kier molecular flexibility index (Phi) is 8.28. The molecule has 1 fully saturated rings. The highest BCUT2D eigenvalue weighted by atomic mass is 35.5. The number of halogens is 2. The first-order valence-electron chi connectivity index (χ1n) is 15.1. The van der Waals surface area contributed by atoms with Crippen LogP contribution in [0.3, 0.4) is 0 Å². The fourth-order valence-corrected chi connectivity index (χ4v) is 8.55. The van der Waals surface area contributed by atoms with Gasteiger partial charge >= 0.3 is 0 Å². The van der Waals surface area contributed by atoms with E-state index in [-0.39, 0.29) is 30.5 Å². The molecule has 0 aliphatic carbocycles. The molecule has 1 saturated heterocycles. The molecule has 5 aromatic rings. The number of sulfonamides is 1.